The molecule has 11 nitrogen and oxygen atoms in total. The number of allylic oxidation sites excluding steroid dienone is 2. The van der Waals surface area contributed by atoms with Crippen LogP contribution in [0.15, 0.2) is 34.8 Å². The number of carbonyl (C=O) groups excluding carboxylic acids is 4. The Morgan fingerprint density at radius 3 is 2.49 bits per heavy atom. The zero-order valence-electron chi connectivity index (χ0n) is 20.9. The molecular formula is C26H31N3O8. The minimum atomic E-state index is -1.25. The number of ketones is 3. The Morgan fingerprint density at radius 1 is 1.16 bits per heavy atom. The molecule has 0 saturated heterocycles. The van der Waals surface area contributed by atoms with E-state index in [-0.39, 0.29) is 47.6 Å². The number of methoxy groups -OCH3 is 1. The predicted octanol–water partition coefficient (Wildman–Crippen LogP) is 0.424. The molecular weight excluding hydrogens is 482 g/mol. The monoisotopic (exact) mass is 513 g/mol. The molecule has 3 aliphatic carbocycles. The van der Waals surface area contributed by atoms with Gasteiger partial charge in [0.2, 0.25) is 0 Å². The number of ether oxygens (including phenoxy) is 1. The zero-order valence-corrected chi connectivity index (χ0v) is 20.9. The van der Waals surface area contributed by atoms with Crippen LogP contribution in [0.5, 0.6) is 5.75 Å². The first-order valence-corrected chi connectivity index (χ1v) is 12.0. The van der Waals surface area contributed by atoms with Crippen LogP contribution in [0.2, 0.25) is 0 Å². The maximum Gasteiger partial charge on any atom is 0.255 e. The molecule has 3 unspecified atom stereocenters. The molecule has 1 amide bonds. The van der Waals surface area contributed by atoms with Crippen molar-refractivity contribution in [3.63, 3.8) is 0 Å². The molecule has 11 heteroatoms. The average Bonchev–Trinajstić information content (AvgIpc) is 2.81. The number of aromatic hydroxyl groups is 1. The Bertz CT molecular complexity index is 1250. The van der Waals surface area contributed by atoms with Gasteiger partial charge in [0.15, 0.2) is 17.3 Å². The third-order valence-electron chi connectivity index (χ3n) is 7.52. The number of nitrogens with two attached hydrogens (primary N) is 1. The van der Waals surface area contributed by atoms with E-state index in [2.05, 4.69) is 5.32 Å². The first-order chi connectivity index (χ1) is 17.5. The third kappa shape index (κ3) is 4.32. The van der Waals surface area contributed by atoms with Crippen molar-refractivity contribution >= 4 is 23.3 Å². The largest absolute Gasteiger partial charge is 0.511 e. The predicted molar refractivity (Wildman–Crippen MR) is 131 cm³/mol. The van der Waals surface area contributed by atoms with Gasteiger partial charge in [0, 0.05) is 24.8 Å². The highest BCUT2D eigenvalue weighted by molar-refractivity contribution is 6.22. The smallest absolute Gasteiger partial charge is 0.255 e. The van der Waals surface area contributed by atoms with E-state index < -0.39 is 58.4 Å². The quantitative estimate of drug-likeness (QED) is 0.186. The van der Waals surface area contributed by atoms with Crippen LogP contribution >= 0.6 is 0 Å². The summed E-state index contributed by atoms with van der Waals surface area (Å²) in [6, 6.07) is 1.94. The molecule has 0 aliphatic heterocycles. The van der Waals surface area contributed by atoms with Gasteiger partial charge >= 0.3 is 0 Å². The highest BCUT2D eigenvalue weighted by Gasteiger charge is 2.54. The molecule has 1 aromatic rings. The molecule has 4 atom stereocenters. The lowest BCUT2D eigenvalue weighted by Crippen LogP contribution is -2.53. The SMILES string of the molecule is COCCNCC(=O)c1ccc(O)c2c1CC1CC3C(C(=O)C(C(N)=O)=C(O)[C@H]3N(C)C)C(O)=C1C2=O. The van der Waals surface area contributed by atoms with E-state index in [0.29, 0.717) is 18.7 Å². The van der Waals surface area contributed by atoms with Gasteiger partial charge in [-0.2, -0.15) is 0 Å². The number of Topliss-reactive ketones (excluding diaryl/α,β-unsaturated/α-hetero) is 3. The van der Waals surface area contributed by atoms with Gasteiger partial charge in [0.1, 0.15) is 22.8 Å². The molecule has 0 bridgehead atoms. The van der Waals surface area contributed by atoms with Crippen molar-refractivity contribution in [1.82, 2.24) is 10.2 Å². The van der Waals surface area contributed by atoms with Crippen molar-refractivity contribution in [3.05, 3.63) is 51.5 Å². The average molecular weight is 514 g/mol. The van der Waals surface area contributed by atoms with Crippen molar-refractivity contribution in [2.24, 2.45) is 23.5 Å². The second-order valence-electron chi connectivity index (χ2n) is 9.88. The van der Waals surface area contributed by atoms with Gasteiger partial charge in [-0.3, -0.25) is 24.1 Å². The van der Waals surface area contributed by atoms with Crippen molar-refractivity contribution < 1.29 is 39.2 Å². The van der Waals surface area contributed by atoms with Crippen molar-refractivity contribution in [1.29, 1.82) is 0 Å². The van der Waals surface area contributed by atoms with Crippen LogP contribution in [0.1, 0.15) is 32.7 Å². The summed E-state index contributed by atoms with van der Waals surface area (Å²) in [5.74, 6) is -6.66. The number of nitrogens with one attached hydrogen (secondary N) is 1. The van der Waals surface area contributed by atoms with E-state index in [4.69, 9.17) is 10.5 Å². The number of carbonyl (C=O) groups is 4. The number of fused-ring (bicyclic) bond motifs is 3. The molecule has 37 heavy (non-hydrogen) atoms. The fourth-order valence-electron chi connectivity index (χ4n) is 6.00. The minimum Gasteiger partial charge on any atom is -0.511 e. The van der Waals surface area contributed by atoms with Crippen LogP contribution in [-0.2, 0) is 20.7 Å². The number of nitrogens with zero attached hydrogens (tertiary/aromatic N) is 1. The molecule has 0 radical (unpaired) electrons. The number of hydrogen-bond acceptors (Lipinski definition) is 10. The van der Waals surface area contributed by atoms with Gasteiger partial charge in [-0.25, -0.2) is 0 Å². The summed E-state index contributed by atoms with van der Waals surface area (Å²) in [6.45, 7) is 0.879. The summed E-state index contributed by atoms with van der Waals surface area (Å²) in [5, 5.41) is 35.6. The summed E-state index contributed by atoms with van der Waals surface area (Å²) >= 11 is 0. The first kappa shape index (κ1) is 26.5. The maximum atomic E-state index is 13.6. The zero-order chi connectivity index (χ0) is 27.2. The number of rotatable bonds is 8. The number of hydrogen-bond donors (Lipinski definition) is 5. The molecule has 198 valence electrons. The fraction of sp³-hybridized carbons (Fsp3) is 0.462. The lowest BCUT2D eigenvalue weighted by Gasteiger charge is -2.46. The second kappa shape index (κ2) is 10.1. The van der Waals surface area contributed by atoms with Gasteiger partial charge < -0.3 is 31.1 Å². The fourth-order valence-corrected chi connectivity index (χ4v) is 6.00. The Labute approximate surface area is 213 Å². The highest BCUT2D eigenvalue weighted by Crippen LogP contribution is 2.50. The molecule has 0 aromatic heterocycles. The van der Waals surface area contributed by atoms with E-state index in [0.717, 1.165) is 0 Å². The molecule has 0 saturated carbocycles. The Morgan fingerprint density at radius 2 is 1.86 bits per heavy atom. The standard InChI is InChI=1S/C26H31N3O8/c1-29(2)21-14-9-11-8-13-12(16(31)10-28-6-7-37-3)4-5-15(30)18(13)22(32)17(11)23(33)19(14)24(34)20(25(21)35)26(27)36/h4-5,11,14,19,21,28,30,33,35H,6-10H2,1-3H3,(H2,27,36)/t11?,14?,19?,21-/m0/s1. The number of phenols is 1. The number of aliphatic hydroxyl groups excluding tert-OH is 2. The molecule has 0 fully saturated rings. The van der Waals surface area contributed by atoms with Gasteiger partial charge in [0.25, 0.3) is 5.91 Å². The molecule has 3 aliphatic rings. The number of benzene rings is 1. The lowest BCUT2D eigenvalue weighted by molar-refractivity contribution is -0.127. The summed E-state index contributed by atoms with van der Waals surface area (Å²) in [7, 11) is 4.87. The number of amides is 1. The minimum absolute atomic E-state index is 0.00381. The summed E-state index contributed by atoms with van der Waals surface area (Å²) in [6.07, 6.45) is 0.383. The van der Waals surface area contributed by atoms with Gasteiger partial charge in [-0.15, -0.1) is 0 Å². The molecule has 0 spiro atoms. The third-order valence-corrected chi connectivity index (χ3v) is 7.52. The van der Waals surface area contributed by atoms with Crippen LogP contribution in [0.4, 0.5) is 0 Å². The summed E-state index contributed by atoms with van der Waals surface area (Å²) < 4.78 is 4.97. The number of primary amides is 1. The Hall–Kier alpha value is -3.54. The Kier molecular flexibility index (Phi) is 7.22. The van der Waals surface area contributed by atoms with E-state index in [1.54, 1.807) is 26.1 Å². The number of phenolic OH excluding ortho intramolecular Hbond substituents is 1. The maximum absolute atomic E-state index is 13.6. The molecule has 0 heterocycles. The Balaban J connectivity index is 1.79. The van der Waals surface area contributed by atoms with Crippen molar-refractivity contribution in [3.8, 4) is 5.75 Å². The summed E-state index contributed by atoms with van der Waals surface area (Å²) in [5.41, 5.74) is 5.34. The second-order valence-corrected chi connectivity index (χ2v) is 9.88. The first-order valence-electron chi connectivity index (χ1n) is 12.0. The summed E-state index contributed by atoms with van der Waals surface area (Å²) in [4.78, 5) is 53.5. The molecule has 1 aromatic carbocycles. The van der Waals surface area contributed by atoms with Crippen LogP contribution in [0, 0.1) is 17.8 Å². The van der Waals surface area contributed by atoms with Gasteiger partial charge in [0.05, 0.1) is 30.7 Å². The topological polar surface area (TPSA) is 179 Å². The number of aliphatic hydroxyl groups is 2. The van der Waals surface area contributed by atoms with Crippen molar-refractivity contribution in [2.45, 2.75) is 18.9 Å². The normalized spacial score (nSPS) is 25.2. The van der Waals surface area contributed by atoms with E-state index in [9.17, 15) is 34.5 Å². The van der Waals surface area contributed by atoms with E-state index in [1.165, 1.54) is 12.1 Å². The molecule has 6 N–H and O–H groups in total. The van der Waals surface area contributed by atoms with Crippen LogP contribution in [0.25, 0.3) is 0 Å². The lowest BCUT2D eigenvalue weighted by atomic mass is 9.60. The highest BCUT2D eigenvalue weighted by atomic mass is 16.5. The molecule has 4 rings (SSSR count). The van der Waals surface area contributed by atoms with E-state index in [1.807, 2.05) is 0 Å². The van der Waals surface area contributed by atoms with Crippen LogP contribution in [0.3, 0.4) is 0 Å². The van der Waals surface area contributed by atoms with Crippen LogP contribution in [-0.4, -0.2) is 90.4 Å². The van der Waals surface area contributed by atoms with Gasteiger partial charge in [-0.1, -0.05) is 0 Å². The van der Waals surface area contributed by atoms with Gasteiger partial charge in [-0.05, 0) is 56.5 Å². The van der Waals surface area contributed by atoms with Crippen LogP contribution < -0.4 is 11.1 Å². The van der Waals surface area contributed by atoms with E-state index >= 15 is 0 Å². The number of likely N-dealkylation sites (N-methyl/N-ethyl adjacent to an activating group) is 1. The van der Waals surface area contributed by atoms with Crippen molar-refractivity contribution in [2.75, 3.05) is 40.9 Å².